The van der Waals surface area contributed by atoms with Gasteiger partial charge in [0.15, 0.2) is 0 Å². The van der Waals surface area contributed by atoms with Crippen molar-refractivity contribution in [1.82, 2.24) is 29.4 Å². The van der Waals surface area contributed by atoms with Crippen molar-refractivity contribution in [3.8, 4) is 11.4 Å². The Labute approximate surface area is 204 Å². The van der Waals surface area contributed by atoms with Crippen LogP contribution in [-0.2, 0) is 22.7 Å². The molecular weight excluding hydrogens is 440 g/mol. The van der Waals surface area contributed by atoms with E-state index in [9.17, 15) is 9.59 Å². The van der Waals surface area contributed by atoms with Crippen molar-refractivity contribution in [3.63, 3.8) is 0 Å². The Balaban J connectivity index is 1.14. The number of nitrogens with zero attached hydrogens (tertiary/aromatic N) is 6. The van der Waals surface area contributed by atoms with E-state index in [1.54, 1.807) is 33.3 Å². The van der Waals surface area contributed by atoms with E-state index in [1.165, 1.54) is 0 Å². The molecule has 0 bridgehead atoms. The van der Waals surface area contributed by atoms with Gasteiger partial charge in [-0.2, -0.15) is 10.2 Å². The summed E-state index contributed by atoms with van der Waals surface area (Å²) >= 11 is 0. The fourth-order valence-electron chi connectivity index (χ4n) is 4.29. The van der Waals surface area contributed by atoms with Gasteiger partial charge in [-0.3, -0.25) is 9.59 Å². The SMILES string of the molecule is CN(Cc1ccn(-c2ccccc2)n1)C(=O)C1CC1C(=O)N(C)Cc1ccn(-c2ccccc2)n1. The van der Waals surface area contributed by atoms with E-state index in [0.29, 0.717) is 19.5 Å². The number of amides is 2. The van der Waals surface area contributed by atoms with E-state index in [4.69, 9.17) is 0 Å². The van der Waals surface area contributed by atoms with Crippen molar-refractivity contribution in [2.45, 2.75) is 19.5 Å². The van der Waals surface area contributed by atoms with Gasteiger partial charge in [-0.15, -0.1) is 0 Å². The average Bonchev–Trinajstić information content (AvgIpc) is 3.30. The van der Waals surface area contributed by atoms with E-state index in [0.717, 1.165) is 22.8 Å². The second-order valence-electron chi connectivity index (χ2n) is 9.01. The highest BCUT2D eigenvalue weighted by atomic mass is 16.2. The first kappa shape index (κ1) is 22.6. The molecule has 1 fully saturated rings. The van der Waals surface area contributed by atoms with E-state index in [1.807, 2.05) is 85.2 Å². The molecule has 0 spiro atoms. The lowest BCUT2D eigenvalue weighted by molar-refractivity contribution is -0.137. The fourth-order valence-corrected chi connectivity index (χ4v) is 4.29. The Hall–Kier alpha value is -4.20. The quantitative estimate of drug-likeness (QED) is 0.398. The fraction of sp³-hybridized carbons (Fsp3) is 0.259. The van der Waals surface area contributed by atoms with Crippen LogP contribution < -0.4 is 0 Å². The highest BCUT2D eigenvalue weighted by molar-refractivity contribution is 5.92. The number of hydrogen-bond donors (Lipinski definition) is 0. The highest BCUT2D eigenvalue weighted by Crippen LogP contribution is 2.41. The third kappa shape index (κ3) is 5.01. The van der Waals surface area contributed by atoms with Gasteiger partial charge in [-0.05, 0) is 42.8 Å². The second kappa shape index (κ2) is 9.58. The lowest BCUT2D eigenvalue weighted by atomic mass is 10.2. The smallest absolute Gasteiger partial charge is 0.226 e. The molecule has 178 valence electrons. The first-order valence-corrected chi connectivity index (χ1v) is 11.7. The van der Waals surface area contributed by atoms with Crippen molar-refractivity contribution < 1.29 is 9.59 Å². The van der Waals surface area contributed by atoms with Crippen LogP contribution in [0.4, 0.5) is 0 Å². The lowest BCUT2D eigenvalue weighted by Gasteiger charge is -2.18. The number of para-hydroxylation sites is 2. The van der Waals surface area contributed by atoms with Gasteiger partial charge in [-0.1, -0.05) is 36.4 Å². The van der Waals surface area contributed by atoms with Crippen LogP contribution in [0.2, 0.25) is 0 Å². The predicted molar refractivity (Wildman–Crippen MR) is 132 cm³/mol. The van der Waals surface area contributed by atoms with Gasteiger partial charge < -0.3 is 9.80 Å². The highest BCUT2D eigenvalue weighted by Gasteiger charge is 2.50. The second-order valence-corrected chi connectivity index (χ2v) is 9.01. The van der Waals surface area contributed by atoms with Crippen LogP contribution in [-0.4, -0.2) is 55.3 Å². The Morgan fingerprint density at radius 3 is 1.51 bits per heavy atom. The van der Waals surface area contributed by atoms with Crippen molar-refractivity contribution >= 4 is 11.8 Å². The molecular formula is C27H28N6O2. The van der Waals surface area contributed by atoms with Crippen LogP contribution in [0, 0.1) is 11.8 Å². The average molecular weight is 469 g/mol. The number of rotatable bonds is 8. The minimum absolute atomic E-state index is 0.0145. The molecule has 2 amide bonds. The third-order valence-corrected chi connectivity index (χ3v) is 6.31. The summed E-state index contributed by atoms with van der Waals surface area (Å²) < 4.78 is 3.59. The molecule has 35 heavy (non-hydrogen) atoms. The molecule has 2 atom stereocenters. The van der Waals surface area contributed by atoms with Crippen molar-refractivity contribution in [2.75, 3.05) is 14.1 Å². The molecule has 4 aromatic rings. The van der Waals surface area contributed by atoms with Gasteiger partial charge in [0, 0.05) is 26.5 Å². The maximum atomic E-state index is 12.9. The molecule has 0 aliphatic heterocycles. The summed E-state index contributed by atoms with van der Waals surface area (Å²) in [5, 5.41) is 9.15. The molecule has 2 aromatic carbocycles. The zero-order valence-electron chi connectivity index (χ0n) is 19.9. The minimum Gasteiger partial charge on any atom is -0.340 e. The monoisotopic (exact) mass is 468 g/mol. The normalized spacial score (nSPS) is 16.6. The standard InChI is InChI=1S/C27H28N6O2/c1-30(18-20-13-15-32(28-20)22-9-5-3-6-10-22)26(34)24-17-25(24)27(35)31(2)19-21-14-16-33(29-21)23-11-7-4-8-12-23/h3-16,24-25H,17-19H2,1-2H3. The Morgan fingerprint density at radius 2 is 1.11 bits per heavy atom. The molecule has 2 aromatic heterocycles. The summed E-state index contributed by atoms with van der Waals surface area (Å²) in [7, 11) is 3.54. The van der Waals surface area contributed by atoms with Crippen LogP contribution in [0.25, 0.3) is 11.4 Å². The maximum absolute atomic E-state index is 12.9. The molecule has 8 heteroatoms. The van der Waals surface area contributed by atoms with Crippen molar-refractivity contribution in [1.29, 1.82) is 0 Å². The third-order valence-electron chi connectivity index (χ3n) is 6.31. The molecule has 0 radical (unpaired) electrons. The van der Waals surface area contributed by atoms with E-state index in [2.05, 4.69) is 10.2 Å². The van der Waals surface area contributed by atoms with Gasteiger partial charge in [0.05, 0.1) is 47.7 Å². The van der Waals surface area contributed by atoms with Crippen molar-refractivity contribution in [3.05, 3.63) is 96.6 Å². The molecule has 5 rings (SSSR count). The summed E-state index contributed by atoms with van der Waals surface area (Å²) in [6.07, 6.45) is 4.37. The number of aromatic nitrogens is 4. The predicted octanol–water partition coefficient (Wildman–Crippen LogP) is 3.31. The van der Waals surface area contributed by atoms with E-state index < -0.39 is 0 Å². The number of benzene rings is 2. The number of carbonyl (C=O) groups excluding carboxylic acids is 2. The molecule has 2 heterocycles. The van der Waals surface area contributed by atoms with Crippen LogP contribution in [0.15, 0.2) is 85.2 Å². The molecule has 2 unspecified atom stereocenters. The maximum Gasteiger partial charge on any atom is 0.226 e. The molecule has 8 nitrogen and oxygen atoms in total. The first-order valence-electron chi connectivity index (χ1n) is 11.7. The van der Waals surface area contributed by atoms with Gasteiger partial charge in [0.25, 0.3) is 0 Å². The van der Waals surface area contributed by atoms with E-state index >= 15 is 0 Å². The summed E-state index contributed by atoms with van der Waals surface area (Å²) in [5.41, 5.74) is 3.55. The van der Waals surface area contributed by atoms with Crippen molar-refractivity contribution in [2.24, 2.45) is 11.8 Å². The van der Waals surface area contributed by atoms with Crippen LogP contribution in [0.3, 0.4) is 0 Å². The van der Waals surface area contributed by atoms with Crippen LogP contribution >= 0.6 is 0 Å². The first-order chi connectivity index (χ1) is 17.0. The van der Waals surface area contributed by atoms with E-state index in [-0.39, 0.29) is 23.7 Å². The summed E-state index contributed by atoms with van der Waals surface area (Å²) in [4.78, 5) is 29.2. The molecule has 0 N–H and O–H groups in total. The number of hydrogen-bond acceptors (Lipinski definition) is 4. The van der Waals surface area contributed by atoms with Gasteiger partial charge >= 0.3 is 0 Å². The van der Waals surface area contributed by atoms with Crippen LogP contribution in [0.1, 0.15) is 17.8 Å². The molecule has 1 saturated carbocycles. The summed E-state index contributed by atoms with van der Waals surface area (Å²) in [5.74, 6) is -0.570. The Morgan fingerprint density at radius 1 is 0.714 bits per heavy atom. The molecule has 1 aliphatic carbocycles. The van der Waals surface area contributed by atoms with Gasteiger partial charge in [-0.25, -0.2) is 9.36 Å². The topological polar surface area (TPSA) is 76.3 Å². The lowest BCUT2D eigenvalue weighted by Crippen LogP contribution is -2.32. The zero-order chi connectivity index (χ0) is 24.4. The Kier molecular flexibility index (Phi) is 6.18. The summed E-state index contributed by atoms with van der Waals surface area (Å²) in [6, 6.07) is 23.5. The largest absolute Gasteiger partial charge is 0.340 e. The van der Waals surface area contributed by atoms with Crippen LogP contribution in [0.5, 0.6) is 0 Å². The minimum atomic E-state index is -0.270. The molecule has 0 saturated heterocycles. The summed E-state index contributed by atoms with van der Waals surface area (Å²) in [6.45, 7) is 0.811. The zero-order valence-corrected chi connectivity index (χ0v) is 19.9. The Bertz CT molecular complexity index is 1210. The van der Waals surface area contributed by atoms with Gasteiger partial charge in [0.2, 0.25) is 11.8 Å². The molecule has 1 aliphatic rings. The number of carbonyl (C=O) groups is 2. The van der Waals surface area contributed by atoms with Gasteiger partial charge in [0.1, 0.15) is 0 Å².